The Balaban J connectivity index is 1.56. The predicted octanol–water partition coefficient (Wildman–Crippen LogP) is 6.60. The van der Waals surface area contributed by atoms with Crippen molar-refractivity contribution in [2.75, 3.05) is 5.32 Å². The molecule has 2 unspecified atom stereocenters. The van der Waals surface area contributed by atoms with Crippen molar-refractivity contribution >= 4 is 40.7 Å². The lowest BCUT2D eigenvalue weighted by Crippen LogP contribution is -2.59. The van der Waals surface area contributed by atoms with Gasteiger partial charge in [0.15, 0.2) is 17.6 Å². The number of H-pyrrole nitrogens is 1. The molecule has 3 heterocycles. The average Bonchev–Trinajstić information content (AvgIpc) is 3.71. The number of nitrogens with zero attached hydrogens (tertiary/aromatic N) is 3. The molecule has 1 aromatic carbocycles. The van der Waals surface area contributed by atoms with Gasteiger partial charge < -0.3 is 20.7 Å². The molecule has 0 spiro atoms. The van der Waals surface area contributed by atoms with E-state index in [1.807, 2.05) is 32.2 Å². The van der Waals surface area contributed by atoms with Crippen LogP contribution in [0.5, 0.6) is 5.75 Å². The van der Waals surface area contributed by atoms with E-state index in [2.05, 4.69) is 58.9 Å². The highest BCUT2D eigenvalue weighted by Crippen LogP contribution is 2.37. The van der Waals surface area contributed by atoms with Crippen LogP contribution in [0.4, 0.5) is 5.69 Å². The van der Waals surface area contributed by atoms with Crippen molar-refractivity contribution < 1.29 is 19.1 Å². The molecule has 258 valence electrons. The third-order valence-corrected chi connectivity index (χ3v) is 9.81. The number of fused-ring (bicyclic) bond motifs is 1. The zero-order valence-corrected chi connectivity index (χ0v) is 29.9. The van der Waals surface area contributed by atoms with Crippen molar-refractivity contribution in [3.05, 3.63) is 40.8 Å². The van der Waals surface area contributed by atoms with Crippen LogP contribution in [0.15, 0.2) is 24.3 Å². The lowest BCUT2D eigenvalue weighted by atomic mass is 9.73. The second kappa shape index (κ2) is 14.7. The van der Waals surface area contributed by atoms with E-state index in [1.165, 1.54) is 6.42 Å². The van der Waals surface area contributed by atoms with Crippen LogP contribution in [0, 0.1) is 0 Å². The lowest BCUT2D eigenvalue weighted by Gasteiger charge is -2.41. The van der Waals surface area contributed by atoms with Gasteiger partial charge in [-0.15, -0.1) is 10.2 Å². The van der Waals surface area contributed by atoms with Crippen molar-refractivity contribution in [2.24, 2.45) is 0 Å². The fraction of sp³-hybridized carbons (Fsp3) is 0.629. The molecule has 3 amide bonds. The Morgan fingerprint density at radius 1 is 1.04 bits per heavy atom. The van der Waals surface area contributed by atoms with Crippen molar-refractivity contribution in [3.8, 4) is 5.75 Å². The minimum Gasteiger partial charge on any atom is -0.478 e. The molecule has 12 heteroatoms. The number of unbranched alkanes of at least 4 members (excludes halogenated alkanes) is 5. The van der Waals surface area contributed by atoms with Gasteiger partial charge in [-0.25, -0.2) is 4.52 Å². The number of hydrogen-bond acceptors (Lipinski definition) is 6. The number of carbonyl (C=O) groups excluding carboxylic acids is 3. The zero-order chi connectivity index (χ0) is 34.6. The molecule has 0 radical (unpaired) electrons. The molecule has 0 saturated carbocycles. The highest BCUT2D eigenvalue weighted by atomic mass is 35.5. The highest BCUT2D eigenvalue weighted by molar-refractivity contribution is 6.34. The summed E-state index contributed by atoms with van der Waals surface area (Å²) in [4.78, 5) is 38.7. The number of carbonyl (C=O) groups is 3. The van der Waals surface area contributed by atoms with Gasteiger partial charge in [-0.3, -0.25) is 19.5 Å². The number of ether oxygens (including phenoxy) is 1. The number of anilines is 1. The second-order valence-corrected chi connectivity index (χ2v) is 15.2. The standard InChI is InChI=1S/C35H52ClN7O4/c1-9-10-11-12-13-14-19-25(47-24-18-16-15-17-22(24)38-30(45)23-20-21-26(44)37-23)31(46)39-35(7,8)34(5,6)32-41-40-29-27(36)28(33(2,3)4)42-43(29)32/h15-18,23,25,42H,9-14,19-21H2,1-8H3,(H,37,44)(H,38,45)(H,39,46). The number of aromatic nitrogens is 4. The van der Waals surface area contributed by atoms with Gasteiger partial charge in [-0.05, 0) is 45.2 Å². The first-order valence-corrected chi connectivity index (χ1v) is 17.3. The Morgan fingerprint density at radius 3 is 2.38 bits per heavy atom. The first-order chi connectivity index (χ1) is 22.1. The summed E-state index contributed by atoms with van der Waals surface area (Å²) in [7, 11) is 0. The number of amides is 3. The number of rotatable bonds is 15. The predicted molar refractivity (Wildman–Crippen MR) is 185 cm³/mol. The minimum absolute atomic E-state index is 0.142. The molecule has 2 atom stereocenters. The van der Waals surface area contributed by atoms with Crippen LogP contribution in [-0.2, 0) is 25.2 Å². The zero-order valence-electron chi connectivity index (χ0n) is 29.2. The van der Waals surface area contributed by atoms with Gasteiger partial charge >= 0.3 is 0 Å². The van der Waals surface area contributed by atoms with Crippen molar-refractivity contribution in [1.82, 2.24) is 30.4 Å². The van der Waals surface area contributed by atoms with E-state index >= 15 is 0 Å². The number of para-hydroxylation sites is 2. The molecule has 4 rings (SSSR count). The quantitative estimate of drug-likeness (QED) is 0.134. The van der Waals surface area contributed by atoms with E-state index < -0.39 is 23.1 Å². The first kappa shape index (κ1) is 36.2. The molecule has 1 saturated heterocycles. The van der Waals surface area contributed by atoms with Crippen LogP contribution in [0.25, 0.3) is 5.65 Å². The summed E-state index contributed by atoms with van der Waals surface area (Å²) in [6.07, 6.45) is 6.86. The topological polar surface area (TPSA) is 143 Å². The van der Waals surface area contributed by atoms with Gasteiger partial charge in [0.1, 0.15) is 16.8 Å². The van der Waals surface area contributed by atoms with Gasteiger partial charge in [-0.1, -0.05) is 97.4 Å². The minimum atomic E-state index is -0.814. The summed E-state index contributed by atoms with van der Waals surface area (Å²) in [5, 5.41) is 21.7. The summed E-state index contributed by atoms with van der Waals surface area (Å²) in [5.74, 6) is 0.308. The smallest absolute Gasteiger partial charge is 0.261 e. The number of nitrogens with one attached hydrogen (secondary N) is 4. The van der Waals surface area contributed by atoms with Gasteiger partial charge in [0.2, 0.25) is 11.8 Å². The van der Waals surface area contributed by atoms with Crippen LogP contribution in [0.1, 0.15) is 125 Å². The fourth-order valence-corrected chi connectivity index (χ4v) is 6.19. The van der Waals surface area contributed by atoms with Crippen LogP contribution >= 0.6 is 11.6 Å². The third kappa shape index (κ3) is 8.28. The molecule has 1 aliphatic rings. The first-order valence-electron chi connectivity index (χ1n) is 16.9. The number of halogens is 1. The Kier molecular flexibility index (Phi) is 11.3. The number of hydrogen-bond donors (Lipinski definition) is 4. The van der Waals surface area contributed by atoms with Crippen LogP contribution in [-0.4, -0.2) is 55.2 Å². The molecule has 0 aliphatic carbocycles. The van der Waals surface area contributed by atoms with Gasteiger partial charge in [0, 0.05) is 22.8 Å². The van der Waals surface area contributed by atoms with Gasteiger partial charge in [-0.2, -0.15) is 0 Å². The Morgan fingerprint density at radius 2 is 1.72 bits per heavy atom. The molecule has 1 aliphatic heterocycles. The molecule has 2 aromatic heterocycles. The SMILES string of the molecule is CCCCCCCCC(Oc1ccccc1NC(=O)C1CCC(=O)N1)C(=O)NC(C)(C)C(C)(C)c1nnc2c(Cl)c(C(C)(C)C)[nH]n12. The maximum atomic E-state index is 14.1. The van der Waals surface area contributed by atoms with Crippen molar-refractivity contribution in [1.29, 1.82) is 0 Å². The van der Waals surface area contributed by atoms with Crippen molar-refractivity contribution in [2.45, 2.75) is 142 Å². The molecular weight excluding hydrogens is 618 g/mol. The van der Waals surface area contributed by atoms with Crippen molar-refractivity contribution in [3.63, 3.8) is 0 Å². The summed E-state index contributed by atoms with van der Waals surface area (Å²) >= 11 is 6.71. The largest absolute Gasteiger partial charge is 0.478 e. The summed E-state index contributed by atoms with van der Waals surface area (Å²) in [6.45, 7) is 16.4. The maximum absolute atomic E-state index is 14.1. The summed E-state index contributed by atoms with van der Waals surface area (Å²) in [6, 6.07) is 6.48. The van der Waals surface area contributed by atoms with Crippen LogP contribution in [0.2, 0.25) is 5.02 Å². The Bertz CT molecular complexity index is 1570. The summed E-state index contributed by atoms with van der Waals surface area (Å²) < 4.78 is 8.24. The van der Waals surface area contributed by atoms with Gasteiger partial charge in [0.25, 0.3) is 5.91 Å². The Hall–Kier alpha value is -3.60. The third-order valence-electron chi connectivity index (χ3n) is 9.45. The lowest BCUT2D eigenvalue weighted by molar-refractivity contribution is -0.130. The average molecular weight is 670 g/mol. The highest BCUT2D eigenvalue weighted by Gasteiger charge is 2.45. The molecule has 47 heavy (non-hydrogen) atoms. The molecule has 3 aromatic rings. The van der Waals surface area contributed by atoms with E-state index in [-0.39, 0.29) is 23.1 Å². The normalized spacial score (nSPS) is 16.3. The van der Waals surface area contributed by atoms with E-state index in [4.69, 9.17) is 16.3 Å². The molecular formula is C35H52ClN7O4. The number of benzene rings is 1. The van der Waals surface area contributed by atoms with Crippen LogP contribution < -0.4 is 20.7 Å². The second-order valence-electron chi connectivity index (χ2n) is 14.8. The maximum Gasteiger partial charge on any atom is 0.261 e. The van der Waals surface area contributed by atoms with Gasteiger partial charge in [0.05, 0.1) is 11.4 Å². The molecule has 0 bridgehead atoms. The van der Waals surface area contributed by atoms with Crippen LogP contribution in [0.3, 0.4) is 0 Å². The van der Waals surface area contributed by atoms with E-state index in [0.717, 1.165) is 37.8 Å². The van der Waals surface area contributed by atoms with E-state index in [0.29, 0.717) is 47.2 Å². The van der Waals surface area contributed by atoms with E-state index in [1.54, 1.807) is 24.3 Å². The summed E-state index contributed by atoms with van der Waals surface area (Å²) in [5.41, 5.74) is 0.115. The van der Waals surface area contributed by atoms with E-state index in [9.17, 15) is 14.4 Å². The fourth-order valence-electron chi connectivity index (χ4n) is 5.74. The number of aromatic amines is 1. The molecule has 1 fully saturated rings. The molecule has 4 N–H and O–H groups in total. The Labute approximate surface area is 283 Å². The molecule has 11 nitrogen and oxygen atoms in total. The monoisotopic (exact) mass is 669 g/mol.